The van der Waals surface area contributed by atoms with Crippen molar-refractivity contribution in [1.82, 2.24) is 5.32 Å². The highest BCUT2D eigenvalue weighted by Crippen LogP contribution is 2.16. The third-order valence-corrected chi connectivity index (χ3v) is 3.76. The molecule has 1 saturated heterocycles. The molecule has 0 radical (unpaired) electrons. The fourth-order valence-electron chi connectivity index (χ4n) is 2.03. The number of hydrogen-bond acceptors (Lipinski definition) is 3. The minimum Gasteiger partial charge on any atom is -0.378 e. The number of carbonyl (C=O) groups is 1. The largest absolute Gasteiger partial charge is 0.378 e. The van der Waals surface area contributed by atoms with E-state index in [1.165, 1.54) is 0 Å². The third kappa shape index (κ3) is 6.03. The first-order valence-electron chi connectivity index (χ1n) is 6.77. The Labute approximate surface area is 116 Å². The Bertz CT molecular complexity index is 239. The number of amides is 1. The van der Waals surface area contributed by atoms with E-state index in [1.807, 2.05) is 0 Å². The van der Waals surface area contributed by atoms with Crippen LogP contribution in [0.1, 0.15) is 52.4 Å². The van der Waals surface area contributed by atoms with E-state index in [0.717, 1.165) is 38.7 Å². The van der Waals surface area contributed by atoms with Gasteiger partial charge in [0.25, 0.3) is 0 Å². The van der Waals surface area contributed by atoms with Gasteiger partial charge in [-0.2, -0.15) is 0 Å². The van der Waals surface area contributed by atoms with Gasteiger partial charge in [0.05, 0.1) is 6.10 Å². The zero-order chi connectivity index (χ0) is 12.7. The fourth-order valence-corrected chi connectivity index (χ4v) is 2.03. The van der Waals surface area contributed by atoms with Gasteiger partial charge in [0.2, 0.25) is 5.91 Å². The molecule has 1 fully saturated rings. The standard InChI is InChI=1S/C13H26N2O2.ClH/c1-3-13(14,4-2)10-15-12(16)8-7-11-6-5-9-17-11;/h11H,3-10,14H2,1-2H3,(H,15,16);1H. The van der Waals surface area contributed by atoms with Crippen LogP contribution in [0.4, 0.5) is 0 Å². The van der Waals surface area contributed by atoms with Crippen molar-refractivity contribution in [2.24, 2.45) is 5.73 Å². The predicted octanol–water partition coefficient (Wildman–Crippen LogP) is 2.00. The minimum atomic E-state index is -0.250. The normalized spacial score (nSPS) is 19.4. The quantitative estimate of drug-likeness (QED) is 0.749. The van der Waals surface area contributed by atoms with Crippen LogP contribution < -0.4 is 11.1 Å². The first-order valence-corrected chi connectivity index (χ1v) is 6.77. The van der Waals surface area contributed by atoms with Gasteiger partial charge in [0, 0.05) is 25.1 Å². The molecule has 0 spiro atoms. The molecule has 1 rings (SSSR count). The molecule has 3 N–H and O–H groups in total. The van der Waals surface area contributed by atoms with Crippen LogP contribution in [0, 0.1) is 0 Å². The summed E-state index contributed by atoms with van der Waals surface area (Å²) in [5, 5.41) is 2.93. The van der Waals surface area contributed by atoms with E-state index in [4.69, 9.17) is 10.5 Å². The Balaban J connectivity index is 0.00000289. The van der Waals surface area contributed by atoms with E-state index in [1.54, 1.807) is 0 Å². The number of nitrogens with one attached hydrogen (secondary N) is 1. The lowest BCUT2D eigenvalue weighted by molar-refractivity contribution is -0.122. The molecule has 4 nitrogen and oxygen atoms in total. The number of carbonyl (C=O) groups excluding carboxylic acids is 1. The highest BCUT2D eigenvalue weighted by molar-refractivity contribution is 5.85. The molecular formula is C13H27ClN2O2. The summed E-state index contributed by atoms with van der Waals surface area (Å²) in [6.07, 6.45) is 5.67. The zero-order valence-electron chi connectivity index (χ0n) is 11.5. The molecule has 0 aromatic rings. The van der Waals surface area contributed by atoms with Crippen LogP contribution >= 0.6 is 12.4 Å². The minimum absolute atomic E-state index is 0. The fraction of sp³-hybridized carbons (Fsp3) is 0.923. The van der Waals surface area contributed by atoms with Crippen molar-refractivity contribution in [2.45, 2.75) is 64.0 Å². The van der Waals surface area contributed by atoms with Crippen molar-refractivity contribution >= 4 is 18.3 Å². The zero-order valence-corrected chi connectivity index (χ0v) is 12.4. The second-order valence-electron chi connectivity index (χ2n) is 5.02. The molecule has 0 aromatic heterocycles. The Morgan fingerprint density at radius 2 is 2.11 bits per heavy atom. The Morgan fingerprint density at radius 1 is 1.44 bits per heavy atom. The van der Waals surface area contributed by atoms with E-state index in [-0.39, 0.29) is 23.9 Å². The summed E-state index contributed by atoms with van der Waals surface area (Å²) >= 11 is 0. The van der Waals surface area contributed by atoms with Crippen LogP contribution in [0.5, 0.6) is 0 Å². The first-order chi connectivity index (χ1) is 8.09. The van der Waals surface area contributed by atoms with Gasteiger partial charge in [-0.15, -0.1) is 12.4 Å². The van der Waals surface area contributed by atoms with E-state index in [0.29, 0.717) is 19.1 Å². The van der Waals surface area contributed by atoms with Crippen molar-refractivity contribution in [3.8, 4) is 0 Å². The van der Waals surface area contributed by atoms with E-state index in [9.17, 15) is 4.79 Å². The van der Waals surface area contributed by atoms with Crippen LogP contribution in [0.2, 0.25) is 0 Å². The lowest BCUT2D eigenvalue weighted by atomic mass is 9.94. The van der Waals surface area contributed by atoms with Gasteiger partial charge >= 0.3 is 0 Å². The lowest BCUT2D eigenvalue weighted by Crippen LogP contribution is -2.49. The second-order valence-corrected chi connectivity index (χ2v) is 5.02. The molecule has 1 heterocycles. The number of halogens is 1. The predicted molar refractivity (Wildman–Crippen MR) is 76.0 cm³/mol. The van der Waals surface area contributed by atoms with Gasteiger partial charge in [0.1, 0.15) is 0 Å². The molecule has 1 aliphatic heterocycles. The van der Waals surface area contributed by atoms with Crippen molar-refractivity contribution in [2.75, 3.05) is 13.2 Å². The number of rotatable bonds is 7. The van der Waals surface area contributed by atoms with Crippen LogP contribution in [0.3, 0.4) is 0 Å². The van der Waals surface area contributed by atoms with Crippen LogP contribution in [0.25, 0.3) is 0 Å². The average molecular weight is 279 g/mol. The van der Waals surface area contributed by atoms with Crippen molar-refractivity contribution in [3.05, 3.63) is 0 Å². The Kier molecular flexibility index (Phi) is 8.57. The van der Waals surface area contributed by atoms with E-state index < -0.39 is 0 Å². The third-order valence-electron chi connectivity index (χ3n) is 3.76. The maximum absolute atomic E-state index is 11.7. The molecule has 1 unspecified atom stereocenters. The number of ether oxygens (including phenoxy) is 1. The Hall–Kier alpha value is -0.320. The molecule has 0 saturated carbocycles. The SMILES string of the molecule is CCC(N)(CC)CNC(=O)CCC1CCCO1.Cl. The summed E-state index contributed by atoms with van der Waals surface area (Å²) in [4.78, 5) is 11.7. The smallest absolute Gasteiger partial charge is 0.220 e. The summed E-state index contributed by atoms with van der Waals surface area (Å²) in [5.74, 6) is 0.0947. The average Bonchev–Trinajstić information content (AvgIpc) is 2.86. The summed E-state index contributed by atoms with van der Waals surface area (Å²) in [6, 6.07) is 0. The Morgan fingerprint density at radius 3 is 2.61 bits per heavy atom. The molecule has 1 amide bonds. The molecular weight excluding hydrogens is 252 g/mol. The van der Waals surface area contributed by atoms with Crippen molar-refractivity contribution < 1.29 is 9.53 Å². The monoisotopic (exact) mass is 278 g/mol. The topological polar surface area (TPSA) is 64.3 Å². The molecule has 0 aromatic carbocycles. The highest BCUT2D eigenvalue weighted by Gasteiger charge is 2.21. The maximum Gasteiger partial charge on any atom is 0.220 e. The number of hydrogen-bond donors (Lipinski definition) is 2. The molecule has 1 atom stereocenters. The molecule has 0 bridgehead atoms. The summed E-state index contributed by atoms with van der Waals surface area (Å²) in [6.45, 7) is 5.54. The van der Waals surface area contributed by atoms with E-state index >= 15 is 0 Å². The molecule has 0 aliphatic carbocycles. The van der Waals surface area contributed by atoms with Gasteiger partial charge < -0.3 is 15.8 Å². The molecule has 1 aliphatic rings. The van der Waals surface area contributed by atoms with Gasteiger partial charge in [-0.1, -0.05) is 13.8 Å². The van der Waals surface area contributed by atoms with Crippen LogP contribution in [0.15, 0.2) is 0 Å². The van der Waals surface area contributed by atoms with E-state index in [2.05, 4.69) is 19.2 Å². The van der Waals surface area contributed by atoms with Crippen LogP contribution in [-0.2, 0) is 9.53 Å². The van der Waals surface area contributed by atoms with Gasteiger partial charge in [-0.05, 0) is 32.1 Å². The lowest BCUT2D eigenvalue weighted by Gasteiger charge is -2.26. The van der Waals surface area contributed by atoms with Gasteiger partial charge in [-0.3, -0.25) is 4.79 Å². The number of nitrogens with two attached hydrogens (primary N) is 1. The van der Waals surface area contributed by atoms with Crippen molar-refractivity contribution in [1.29, 1.82) is 0 Å². The summed E-state index contributed by atoms with van der Waals surface area (Å²) < 4.78 is 5.49. The molecule has 5 heteroatoms. The molecule has 108 valence electrons. The maximum atomic E-state index is 11.7. The van der Waals surface area contributed by atoms with Crippen LogP contribution in [-0.4, -0.2) is 30.7 Å². The van der Waals surface area contributed by atoms with Crippen molar-refractivity contribution in [3.63, 3.8) is 0 Å². The van der Waals surface area contributed by atoms with Gasteiger partial charge in [0.15, 0.2) is 0 Å². The summed E-state index contributed by atoms with van der Waals surface area (Å²) in [5.41, 5.74) is 5.87. The first kappa shape index (κ1) is 17.7. The highest BCUT2D eigenvalue weighted by atomic mass is 35.5. The molecule has 18 heavy (non-hydrogen) atoms. The summed E-state index contributed by atoms with van der Waals surface area (Å²) in [7, 11) is 0. The van der Waals surface area contributed by atoms with Gasteiger partial charge in [-0.25, -0.2) is 0 Å². The second kappa shape index (κ2) is 8.73.